The SMILES string of the molecule is FC(F)n1ccc(-c2nnc(Nc3ccn(Cc4ccccc4Cl)n3)s2)n1. The van der Waals surface area contributed by atoms with E-state index in [-0.39, 0.29) is 0 Å². The van der Waals surface area contributed by atoms with Crippen LogP contribution in [-0.4, -0.2) is 29.8 Å². The minimum atomic E-state index is -2.69. The third-order valence-corrected chi connectivity index (χ3v) is 4.85. The zero-order valence-corrected chi connectivity index (χ0v) is 15.2. The average Bonchev–Trinajstić information content (AvgIpc) is 3.38. The zero-order chi connectivity index (χ0) is 18.8. The summed E-state index contributed by atoms with van der Waals surface area (Å²) in [7, 11) is 0. The first-order chi connectivity index (χ1) is 13.1. The Hall–Kier alpha value is -2.85. The summed E-state index contributed by atoms with van der Waals surface area (Å²) in [4.78, 5) is 0. The summed E-state index contributed by atoms with van der Waals surface area (Å²) in [5.41, 5.74) is 1.30. The Bertz CT molecular complexity index is 1060. The highest BCUT2D eigenvalue weighted by Crippen LogP contribution is 2.27. The van der Waals surface area contributed by atoms with Crippen LogP contribution in [0.25, 0.3) is 10.7 Å². The molecular weight excluding hydrogens is 396 g/mol. The van der Waals surface area contributed by atoms with Gasteiger partial charge in [-0.05, 0) is 17.7 Å². The van der Waals surface area contributed by atoms with Crippen LogP contribution in [0.5, 0.6) is 0 Å². The normalized spacial score (nSPS) is 11.3. The predicted molar refractivity (Wildman–Crippen MR) is 98.4 cm³/mol. The molecule has 0 saturated carbocycles. The lowest BCUT2D eigenvalue weighted by Gasteiger charge is -2.04. The van der Waals surface area contributed by atoms with E-state index in [2.05, 4.69) is 25.7 Å². The van der Waals surface area contributed by atoms with E-state index in [9.17, 15) is 8.78 Å². The van der Waals surface area contributed by atoms with Crippen molar-refractivity contribution in [3.8, 4) is 10.7 Å². The van der Waals surface area contributed by atoms with Crippen molar-refractivity contribution in [2.75, 3.05) is 5.32 Å². The lowest BCUT2D eigenvalue weighted by Crippen LogP contribution is -2.01. The molecule has 0 aliphatic rings. The molecule has 1 N–H and O–H groups in total. The van der Waals surface area contributed by atoms with E-state index < -0.39 is 6.55 Å². The quantitative estimate of drug-likeness (QED) is 0.511. The molecule has 0 amide bonds. The molecule has 0 bridgehead atoms. The number of hydrogen-bond acceptors (Lipinski definition) is 6. The highest BCUT2D eigenvalue weighted by Gasteiger charge is 2.13. The summed E-state index contributed by atoms with van der Waals surface area (Å²) in [5.74, 6) is 0.586. The number of alkyl halides is 2. The number of halogens is 3. The maximum absolute atomic E-state index is 12.6. The van der Waals surface area contributed by atoms with E-state index in [0.717, 1.165) is 5.56 Å². The molecule has 0 spiro atoms. The van der Waals surface area contributed by atoms with Crippen molar-refractivity contribution >= 4 is 33.9 Å². The fourth-order valence-electron chi connectivity index (χ4n) is 2.37. The molecule has 0 aliphatic heterocycles. The lowest BCUT2D eigenvalue weighted by molar-refractivity contribution is 0.0568. The van der Waals surface area contributed by atoms with Crippen LogP contribution < -0.4 is 5.32 Å². The first-order valence-corrected chi connectivity index (χ1v) is 8.99. The van der Waals surface area contributed by atoms with Crippen molar-refractivity contribution < 1.29 is 8.78 Å². The minimum Gasteiger partial charge on any atom is -0.313 e. The summed E-state index contributed by atoms with van der Waals surface area (Å²) in [5, 5.41) is 20.8. The van der Waals surface area contributed by atoms with Gasteiger partial charge in [0, 0.05) is 23.5 Å². The second-order valence-electron chi connectivity index (χ2n) is 5.49. The minimum absolute atomic E-state index is 0.338. The van der Waals surface area contributed by atoms with Crippen molar-refractivity contribution in [3.05, 3.63) is 59.4 Å². The average molecular weight is 408 g/mol. The number of nitrogens with one attached hydrogen (secondary N) is 1. The fraction of sp³-hybridized carbons (Fsp3) is 0.125. The molecule has 4 rings (SSSR count). The molecule has 138 valence electrons. The summed E-state index contributed by atoms with van der Waals surface area (Å²) in [6.07, 6.45) is 3.02. The molecular formula is C16H12ClF2N7S. The molecule has 0 aliphatic carbocycles. The van der Waals surface area contributed by atoms with Crippen molar-refractivity contribution in [2.45, 2.75) is 13.1 Å². The number of hydrogen-bond donors (Lipinski definition) is 1. The summed E-state index contributed by atoms with van der Waals surface area (Å²) >= 11 is 7.36. The third kappa shape index (κ3) is 3.96. The van der Waals surface area contributed by atoms with E-state index in [1.807, 2.05) is 30.5 Å². The first kappa shape index (κ1) is 17.6. The van der Waals surface area contributed by atoms with Crippen LogP contribution in [0.1, 0.15) is 12.1 Å². The maximum Gasteiger partial charge on any atom is 0.333 e. The summed E-state index contributed by atoms with van der Waals surface area (Å²) in [6, 6.07) is 10.8. The molecule has 0 fully saturated rings. The van der Waals surface area contributed by atoms with Gasteiger partial charge in [-0.1, -0.05) is 41.1 Å². The van der Waals surface area contributed by atoms with E-state index in [4.69, 9.17) is 11.6 Å². The molecule has 7 nitrogen and oxygen atoms in total. The zero-order valence-electron chi connectivity index (χ0n) is 13.6. The van der Waals surface area contributed by atoms with Crippen molar-refractivity contribution in [2.24, 2.45) is 0 Å². The van der Waals surface area contributed by atoms with Crippen LogP contribution in [0.2, 0.25) is 5.02 Å². The van der Waals surface area contributed by atoms with E-state index in [0.29, 0.717) is 37.9 Å². The third-order valence-electron chi connectivity index (χ3n) is 3.62. The molecule has 3 aromatic heterocycles. The molecule has 0 unspecified atom stereocenters. The number of anilines is 2. The van der Waals surface area contributed by atoms with Crippen molar-refractivity contribution in [1.82, 2.24) is 29.8 Å². The predicted octanol–water partition coefficient (Wildman–Crippen LogP) is 4.44. The first-order valence-electron chi connectivity index (χ1n) is 7.79. The van der Waals surface area contributed by atoms with Crippen molar-refractivity contribution in [1.29, 1.82) is 0 Å². The largest absolute Gasteiger partial charge is 0.333 e. The Labute approximate surface area is 161 Å². The molecule has 4 aromatic rings. The summed E-state index contributed by atoms with van der Waals surface area (Å²) in [6.45, 7) is -2.15. The van der Waals surface area contributed by atoms with Crippen LogP contribution in [0.4, 0.5) is 19.7 Å². The van der Waals surface area contributed by atoms with Gasteiger partial charge < -0.3 is 5.32 Å². The standard InChI is InChI=1S/C16H12ClF2N7S/c17-11-4-2-1-3-10(11)9-25-7-6-13(24-25)20-16-22-21-14(27-16)12-5-8-26(23-12)15(18)19/h1-8,15H,9H2,(H,20,22,24). The van der Waals surface area contributed by atoms with Gasteiger partial charge in [0.25, 0.3) is 0 Å². The molecule has 11 heteroatoms. The molecule has 27 heavy (non-hydrogen) atoms. The molecule has 0 saturated heterocycles. The Kier molecular flexibility index (Phi) is 4.82. The second-order valence-corrected chi connectivity index (χ2v) is 6.87. The molecule has 0 atom stereocenters. The number of benzene rings is 1. The van der Waals surface area contributed by atoms with Crippen LogP contribution in [0.15, 0.2) is 48.8 Å². The van der Waals surface area contributed by atoms with Gasteiger partial charge >= 0.3 is 6.55 Å². The Morgan fingerprint density at radius 2 is 1.93 bits per heavy atom. The van der Waals surface area contributed by atoms with Crippen molar-refractivity contribution in [3.63, 3.8) is 0 Å². The topological polar surface area (TPSA) is 73.5 Å². The van der Waals surface area contributed by atoms with Gasteiger partial charge in [-0.25, -0.2) is 4.68 Å². The van der Waals surface area contributed by atoms with Gasteiger partial charge in [0.15, 0.2) is 10.8 Å². The summed E-state index contributed by atoms with van der Waals surface area (Å²) < 4.78 is 27.5. The van der Waals surface area contributed by atoms with Gasteiger partial charge in [-0.2, -0.15) is 19.0 Å². The Morgan fingerprint density at radius 3 is 2.70 bits per heavy atom. The number of rotatable bonds is 6. The Morgan fingerprint density at radius 1 is 1.07 bits per heavy atom. The van der Waals surface area contributed by atoms with Crippen LogP contribution in [-0.2, 0) is 6.54 Å². The Balaban J connectivity index is 1.45. The van der Waals surface area contributed by atoms with E-state index in [1.165, 1.54) is 23.6 Å². The molecule has 3 heterocycles. The van der Waals surface area contributed by atoms with Gasteiger partial charge in [-0.15, -0.1) is 10.2 Å². The smallest absolute Gasteiger partial charge is 0.313 e. The highest BCUT2D eigenvalue weighted by molar-refractivity contribution is 7.18. The second kappa shape index (κ2) is 7.41. The van der Waals surface area contributed by atoms with Gasteiger partial charge in [0.2, 0.25) is 5.13 Å². The van der Waals surface area contributed by atoms with Crippen LogP contribution >= 0.6 is 22.9 Å². The van der Waals surface area contributed by atoms with Gasteiger partial charge in [0.05, 0.1) is 6.54 Å². The van der Waals surface area contributed by atoms with E-state index >= 15 is 0 Å². The maximum atomic E-state index is 12.6. The van der Waals surface area contributed by atoms with Gasteiger partial charge in [-0.3, -0.25) is 4.68 Å². The number of nitrogens with zero attached hydrogens (tertiary/aromatic N) is 6. The number of aromatic nitrogens is 6. The highest BCUT2D eigenvalue weighted by atomic mass is 35.5. The van der Waals surface area contributed by atoms with Gasteiger partial charge in [0.1, 0.15) is 5.69 Å². The molecule has 1 aromatic carbocycles. The monoisotopic (exact) mass is 407 g/mol. The molecule has 0 radical (unpaired) electrons. The van der Waals surface area contributed by atoms with Crippen LogP contribution in [0.3, 0.4) is 0 Å². The van der Waals surface area contributed by atoms with E-state index in [1.54, 1.807) is 10.7 Å². The lowest BCUT2D eigenvalue weighted by atomic mass is 10.2. The van der Waals surface area contributed by atoms with Crippen LogP contribution in [0, 0.1) is 0 Å². The fourth-order valence-corrected chi connectivity index (χ4v) is 3.28.